The van der Waals surface area contributed by atoms with E-state index in [9.17, 15) is 4.79 Å². The summed E-state index contributed by atoms with van der Waals surface area (Å²) in [7, 11) is 0. The first-order valence-electron chi connectivity index (χ1n) is 5.78. The number of nitrogens with one attached hydrogen (secondary N) is 1. The summed E-state index contributed by atoms with van der Waals surface area (Å²) in [6.45, 7) is 9.10. The summed E-state index contributed by atoms with van der Waals surface area (Å²) < 4.78 is 0. The molecule has 0 aromatic heterocycles. The van der Waals surface area contributed by atoms with Crippen LogP contribution in [0.1, 0.15) is 33.6 Å². The second-order valence-electron chi connectivity index (χ2n) is 4.86. The molecule has 4 heteroatoms. The van der Waals surface area contributed by atoms with Gasteiger partial charge in [-0.15, -0.1) is 0 Å². The van der Waals surface area contributed by atoms with Crippen molar-refractivity contribution in [2.24, 2.45) is 17.7 Å². The lowest BCUT2D eigenvalue weighted by atomic mass is 10.0. The summed E-state index contributed by atoms with van der Waals surface area (Å²) >= 11 is 0. The highest BCUT2D eigenvalue weighted by molar-refractivity contribution is 5.75. The van der Waals surface area contributed by atoms with E-state index in [2.05, 4.69) is 31.1 Å². The van der Waals surface area contributed by atoms with E-state index in [1.54, 1.807) is 0 Å². The number of rotatable bonds is 4. The molecule has 0 aliphatic carbocycles. The summed E-state index contributed by atoms with van der Waals surface area (Å²) in [5, 5.41) is 0. The van der Waals surface area contributed by atoms with Gasteiger partial charge in [-0.05, 0) is 25.2 Å². The summed E-state index contributed by atoms with van der Waals surface area (Å²) in [6, 6.07) is 0.481. The summed E-state index contributed by atoms with van der Waals surface area (Å²) in [4.78, 5) is 13.5. The van der Waals surface area contributed by atoms with Gasteiger partial charge in [0.1, 0.15) is 0 Å². The normalized spacial score (nSPS) is 29.1. The van der Waals surface area contributed by atoms with Gasteiger partial charge in [-0.1, -0.05) is 13.8 Å². The second-order valence-corrected chi connectivity index (χ2v) is 4.86. The molecule has 15 heavy (non-hydrogen) atoms. The van der Waals surface area contributed by atoms with E-state index in [1.165, 1.54) is 0 Å². The van der Waals surface area contributed by atoms with Crippen LogP contribution in [0.15, 0.2) is 0 Å². The number of hydrazine groups is 1. The van der Waals surface area contributed by atoms with E-state index >= 15 is 0 Å². The van der Waals surface area contributed by atoms with Crippen LogP contribution in [0.4, 0.5) is 0 Å². The van der Waals surface area contributed by atoms with Crippen molar-refractivity contribution in [2.75, 3.05) is 13.1 Å². The first-order valence-corrected chi connectivity index (χ1v) is 5.78. The average Bonchev–Trinajstić information content (AvgIpc) is 2.55. The molecule has 0 aromatic carbocycles. The molecule has 88 valence electrons. The minimum Gasteiger partial charge on any atom is -0.300 e. The molecule has 1 heterocycles. The van der Waals surface area contributed by atoms with Crippen LogP contribution in [0.3, 0.4) is 0 Å². The smallest absolute Gasteiger partial charge is 0.233 e. The molecule has 0 bridgehead atoms. The Balaban J connectivity index is 2.29. The van der Waals surface area contributed by atoms with Crippen LogP contribution in [0, 0.1) is 11.8 Å². The van der Waals surface area contributed by atoms with Crippen molar-refractivity contribution < 1.29 is 4.79 Å². The molecule has 3 unspecified atom stereocenters. The minimum atomic E-state index is -0.0675. The largest absolute Gasteiger partial charge is 0.300 e. The maximum atomic E-state index is 11.0. The number of nitrogens with zero attached hydrogens (tertiary/aromatic N) is 1. The highest BCUT2D eigenvalue weighted by Crippen LogP contribution is 2.25. The SMILES string of the molecule is CC1CN(C(C)CCC(=O)NN)CC1C. The average molecular weight is 213 g/mol. The van der Waals surface area contributed by atoms with Crippen LogP contribution in [-0.2, 0) is 4.79 Å². The number of hydrogen-bond acceptors (Lipinski definition) is 3. The van der Waals surface area contributed by atoms with Crippen molar-refractivity contribution in [1.82, 2.24) is 10.3 Å². The Labute approximate surface area is 92.2 Å². The zero-order chi connectivity index (χ0) is 11.4. The molecular weight excluding hydrogens is 190 g/mol. The van der Waals surface area contributed by atoms with Crippen LogP contribution in [0.5, 0.6) is 0 Å². The van der Waals surface area contributed by atoms with Crippen molar-refractivity contribution in [1.29, 1.82) is 0 Å². The maximum absolute atomic E-state index is 11.0. The monoisotopic (exact) mass is 213 g/mol. The van der Waals surface area contributed by atoms with Gasteiger partial charge in [-0.25, -0.2) is 5.84 Å². The zero-order valence-corrected chi connectivity index (χ0v) is 9.99. The van der Waals surface area contributed by atoms with E-state index in [0.717, 1.165) is 31.3 Å². The number of hydrogen-bond donors (Lipinski definition) is 2. The van der Waals surface area contributed by atoms with Crippen LogP contribution in [0.2, 0.25) is 0 Å². The summed E-state index contributed by atoms with van der Waals surface area (Å²) in [6.07, 6.45) is 1.42. The Morgan fingerprint density at radius 1 is 1.47 bits per heavy atom. The van der Waals surface area contributed by atoms with Gasteiger partial charge >= 0.3 is 0 Å². The minimum absolute atomic E-state index is 0.0675. The number of likely N-dealkylation sites (tertiary alicyclic amines) is 1. The number of carbonyl (C=O) groups excluding carboxylic acids is 1. The van der Waals surface area contributed by atoms with Gasteiger partial charge in [0.05, 0.1) is 0 Å². The van der Waals surface area contributed by atoms with E-state index in [-0.39, 0.29) is 5.91 Å². The third-order valence-corrected chi connectivity index (χ3v) is 3.59. The fourth-order valence-electron chi connectivity index (χ4n) is 2.13. The van der Waals surface area contributed by atoms with Crippen molar-refractivity contribution >= 4 is 5.91 Å². The van der Waals surface area contributed by atoms with Crippen LogP contribution >= 0.6 is 0 Å². The summed E-state index contributed by atoms with van der Waals surface area (Å²) in [5.41, 5.74) is 2.17. The van der Waals surface area contributed by atoms with Crippen molar-refractivity contribution in [2.45, 2.75) is 39.7 Å². The first-order chi connectivity index (χ1) is 7.04. The standard InChI is InChI=1S/C11H23N3O/c1-8-6-14(7-9(8)2)10(3)4-5-11(15)13-12/h8-10H,4-7,12H2,1-3H3,(H,13,15). The quantitative estimate of drug-likeness (QED) is 0.411. The molecule has 0 saturated carbocycles. The molecular formula is C11H23N3O. The number of nitrogens with two attached hydrogens (primary N) is 1. The lowest BCUT2D eigenvalue weighted by molar-refractivity contribution is -0.121. The molecule has 1 aliphatic heterocycles. The molecule has 0 aromatic rings. The van der Waals surface area contributed by atoms with Gasteiger partial charge in [0.2, 0.25) is 5.91 Å². The van der Waals surface area contributed by atoms with E-state index in [1.807, 2.05) is 0 Å². The van der Waals surface area contributed by atoms with Gasteiger partial charge in [-0.3, -0.25) is 10.2 Å². The first kappa shape index (κ1) is 12.5. The van der Waals surface area contributed by atoms with Gasteiger partial charge in [0.15, 0.2) is 0 Å². The fourth-order valence-corrected chi connectivity index (χ4v) is 2.13. The predicted octanol–water partition coefficient (Wildman–Crippen LogP) is 0.733. The molecule has 1 saturated heterocycles. The lowest BCUT2D eigenvalue weighted by Gasteiger charge is -2.23. The maximum Gasteiger partial charge on any atom is 0.233 e. The van der Waals surface area contributed by atoms with Crippen molar-refractivity contribution in [3.8, 4) is 0 Å². The third kappa shape index (κ3) is 3.47. The molecule has 0 radical (unpaired) electrons. The highest BCUT2D eigenvalue weighted by Gasteiger charge is 2.28. The fraction of sp³-hybridized carbons (Fsp3) is 0.909. The predicted molar refractivity (Wildman–Crippen MR) is 60.9 cm³/mol. The molecule has 3 N–H and O–H groups in total. The Morgan fingerprint density at radius 2 is 2.00 bits per heavy atom. The van der Waals surface area contributed by atoms with Crippen LogP contribution in [-0.4, -0.2) is 29.9 Å². The molecule has 1 fully saturated rings. The van der Waals surface area contributed by atoms with Gasteiger partial charge in [0, 0.05) is 25.6 Å². The lowest BCUT2D eigenvalue weighted by Crippen LogP contribution is -2.34. The molecule has 3 atom stereocenters. The van der Waals surface area contributed by atoms with Crippen LogP contribution in [0.25, 0.3) is 0 Å². The highest BCUT2D eigenvalue weighted by atomic mass is 16.2. The van der Waals surface area contributed by atoms with Crippen molar-refractivity contribution in [3.05, 3.63) is 0 Å². The second kappa shape index (κ2) is 5.47. The van der Waals surface area contributed by atoms with Gasteiger partial charge in [-0.2, -0.15) is 0 Å². The third-order valence-electron chi connectivity index (χ3n) is 3.59. The molecule has 1 aliphatic rings. The van der Waals surface area contributed by atoms with E-state index in [4.69, 9.17) is 5.84 Å². The number of amides is 1. The topological polar surface area (TPSA) is 58.4 Å². The Bertz CT molecular complexity index is 210. The molecule has 1 rings (SSSR count). The van der Waals surface area contributed by atoms with Crippen molar-refractivity contribution in [3.63, 3.8) is 0 Å². The van der Waals surface area contributed by atoms with E-state index in [0.29, 0.717) is 12.5 Å². The molecule has 0 spiro atoms. The van der Waals surface area contributed by atoms with Crippen LogP contribution < -0.4 is 11.3 Å². The van der Waals surface area contributed by atoms with Gasteiger partial charge in [0.25, 0.3) is 0 Å². The molecule has 4 nitrogen and oxygen atoms in total. The Hall–Kier alpha value is -0.610. The van der Waals surface area contributed by atoms with Gasteiger partial charge < -0.3 is 4.90 Å². The Kier molecular flexibility index (Phi) is 4.54. The molecule has 1 amide bonds. The summed E-state index contributed by atoms with van der Waals surface area (Å²) in [5.74, 6) is 6.52. The Morgan fingerprint density at radius 3 is 2.47 bits per heavy atom. The number of carbonyl (C=O) groups is 1. The zero-order valence-electron chi connectivity index (χ0n) is 9.99. The van der Waals surface area contributed by atoms with E-state index < -0.39 is 0 Å².